The molecule has 67 valence electrons. The molecule has 1 aromatic carbocycles. The molecule has 1 aromatic rings. The summed E-state index contributed by atoms with van der Waals surface area (Å²) in [5.41, 5.74) is -1.25. The Labute approximate surface area is 77.0 Å². The van der Waals surface area contributed by atoms with Gasteiger partial charge in [-0.1, -0.05) is 11.6 Å². The summed E-state index contributed by atoms with van der Waals surface area (Å²) >= 11 is 5.38. The SMILES string of the molecule is O=[N+]([O-])c1c[c]c(Cl)cc1[N+](=O)[O-]. The highest BCUT2D eigenvalue weighted by molar-refractivity contribution is 6.30. The molecule has 7 heteroatoms. The maximum Gasteiger partial charge on any atom is 0.347 e. The third kappa shape index (κ3) is 1.91. The Morgan fingerprint density at radius 1 is 1.23 bits per heavy atom. The van der Waals surface area contributed by atoms with Crippen molar-refractivity contribution in [2.24, 2.45) is 0 Å². The molecule has 1 rings (SSSR count). The third-order valence-corrected chi connectivity index (χ3v) is 1.48. The summed E-state index contributed by atoms with van der Waals surface area (Å²) in [5, 5.41) is 20.6. The molecule has 0 aliphatic carbocycles. The van der Waals surface area contributed by atoms with Gasteiger partial charge in [0.15, 0.2) is 0 Å². The maximum absolute atomic E-state index is 10.3. The average molecular weight is 202 g/mol. The lowest BCUT2D eigenvalue weighted by molar-refractivity contribution is -0.422. The summed E-state index contributed by atoms with van der Waals surface area (Å²) in [4.78, 5) is 18.9. The number of nitro benzene ring substituents is 2. The summed E-state index contributed by atoms with van der Waals surface area (Å²) < 4.78 is 0. The van der Waals surface area contributed by atoms with Crippen molar-refractivity contribution in [3.63, 3.8) is 0 Å². The highest BCUT2D eigenvalue weighted by atomic mass is 35.5. The number of hydrogen-bond donors (Lipinski definition) is 0. The first-order chi connectivity index (χ1) is 6.02. The molecule has 0 N–H and O–H groups in total. The fourth-order valence-corrected chi connectivity index (χ4v) is 0.897. The van der Waals surface area contributed by atoms with Gasteiger partial charge in [-0.3, -0.25) is 20.2 Å². The molecule has 0 aromatic heterocycles. The van der Waals surface area contributed by atoms with Gasteiger partial charge in [0.25, 0.3) is 0 Å². The van der Waals surface area contributed by atoms with E-state index in [2.05, 4.69) is 6.07 Å². The number of nitro groups is 2. The van der Waals surface area contributed by atoms with Crippen LogP contribution in [0.25, 0.3) is 0 Å². The summed E-state index contributed by atoms with van der Waals surface area (Å²) in [6, 6.07) is 4.06. The fraction of sp³-hybridized carbons (Fsp3) is 0. The van der Waals surface area contributed by atoms with Crippen LogP contribution in [0.2, 0.25) is 5.02 Å². The minimum atomic E-state index is -0.863. The molecule has 13 heavy (non-hydrogen) atoms. The topological polar surface area (TPSA) is 86.3 Å². The summed E-state index contributed by atoms with van der Waals surface area (Å²) in [6.07, 6.45) is 0. The van der Waals surface area contributed by atoms with E-state index in [0.717, 1.165) is 12.1 Å². The second-order valence-corrected chi connectivity index (χ2v) is 2.47. The quantitative estimate of drug-likeness (QED) is 0.541. The average Bonchev–Trinajstić information content (AvgIpc) is 2.03. The van der Waals surface area contributed by atoms with Gasteiger partial charge in [-0.05, 0) is 0 Å². The molecular formula is C6H2ClN2O4. The van der Waals surface area contributed by atoms with Gasteiger partial charge in [0, 0.05) is 18.2 Å². The van der Waals surface area contributed by atoms with Gasteiger partial charge in [-0.15, -0.1) is 0 Å². The number of benzene rings is 1. The molecule has 0 heterocycles. The monoisotopic (exact) mass is 201 g/mol. The van der Waals surface area contributed by atoms with Gasteiger partial charge in [0.2, 0.25) is 0 Å². The normalized spacial score (nSPS) is 9.62. The van der Waals surface area contributed by atoms with Gasteiger partial charge in [-0.2, -0.15) is 0 Å². The first kappa shape index (κ1) is 9.40. The lowest BCUT2D eigenvalue weighted by Crippen LogP contribution is -1.95. The van der Waals surface area contributed by atoms with Gasteiger partial charge >= 0.3 is 11.4 Å². The van der Waals surface area contributed by atoms with Crippen molar-refractivity contribution >= 4 is 23.0 Å². The minimum Gasteiger partial charge on any atom is -0.258 e. The van der Waals surface area contributed by atoms with Gasteiger partial charge in [0.1, 0.15) is 0 Å². The van der Waals surface area contributed by atoms with E-state index in [-0.39, 0.29) is 5.02 Å². The molecule has 6 nitrogen and oxygen atoms in total. The Balaban J connectivity index is 3.35. The number of rotatable bonds is 2. The van der Waals surface area contributed by atoms with Crippen LogP contribution >= 0.6 is 11.6 Å². The largest absolute Gasteiger partial charge is 0.347 e. The Hall–Kier alpha value is -1.69. The van der Waals surface area contributed by atoms with Crippen molar-refractivity contribution in [3.8, 4) is 0 Å². The summed E-state index contributed by atoms with van der Waals surface area (Å²) in [7, 11) is 0. The molecule has 0 aliphatic rings. The molecule has 0 unspecified atom stereocenters. The van der Waals surface area contributed by atoms with Crippen molar-refractivity contribution < 1.29 is 9.85 Å². The van der Waals surface area contributed by atoms with Crippen LogP contribution in [0.3, 0.4) is 0 Å². The molecule has 0 saturated carbocycles. The number of halogens is 1. The van der Waals surface area contributed by atoms with E-state index in [1.54, 1.807) is 0 Å². The fourth-order valence-electron chi connectivity index (χ4n) is 0.739. The molecule has 0 atom stereocenters. The Bertz CT molecular complexity index is 379. The first-order valence-electron chi connectivity index (χ1n) is 3.02. The van der Waals surface area contributed by atoms with Crippen molar-refractivity contribution in [1.29, 1.82) is 0 Å². The summed E-state index contributed by atoms with van der Waals surface area (Å²) in [5.74, 6) is 0. The second-order valence-electron chi connectivity index (χ2n) is 2.07. The van der Waals surface area contributed by atoms with Crippen molar-refractivity contribution in [2.75, 3.05) is 0 Å². The lowest BCUT2D eigenvalue weighted by Gasteiger charge is -1.93. The third-order valence-electron chi connectivity index (χ3n) is 1.27. The van der Waals surface area contributed by atoms with Crippen LogP contribution in [0, 0.1) is 26.3 Å². The zero-order valence-corrected chi connectivity index (χ0v) is 6.82. The molecule has 0 bridgehead atoms. The smallest absolute Gasteiger partial charge is 0.258 e. The first-order valence-corrected chi connectivity index (χ1v) is 3.40. The molecule has 0 fully saturated rings. The van der Waals surface area contributed by atoms with E-state index in [1.165, 1.54) is 0 Å². The van der Waals surface area contributed by atoms with E-state index in [4.69, 9.17) is 11.6 Å². The van der Waals surface area contributed by atoms with Gasteiger partial charge < -0.3 is 0 Å². The van der Waals surface area contributed by atoms with E-state index in [9.17, 15) is 20.2 Å². The Kier molecular flexibility index (Phi) is 2.43. The van der Waals surface area contributed by atoms with Crippen LogP contribution in [0.4, 0.5) is 11.4 Å². The van der Waals surface area contributed by atoms with Gasteiger partial charge in [0.05, 0.1) is 14.9 Å². The van der Waals surface area contributed by atoms with Gasteiger partial charge in [-0.25, -0.2) is 0 Å². The Morgan fingerprint density at radius 3 is 2.23 bits per heavy atom. The molecule has 1 radical (unpaired) electrons. The van der Waals surface area contributed by atoms with Crippen molar-refractivity contribution in [2.45, 2.75) is 0 Å². The highest BCUT2D eigenvalue weighted by Crippen LogP contribution is 2.28. The van der Waals surface area contributed by atoms with Crippen LogP contribution in [0.15, 0.2) is 12.1 Å². The molecule has 0 amide bonds. The predicted octanol–water partition coefficient (Wildman–Crippen LogP) is 1.96. The van der Waals surface area contributed by atoms with E-state index in [1.807, 2.05) is 0 Å². The van der Waals surface area contributed by atoms with Crippen LogP contribution in [-0.4, -0.2) is 9.85 Å². The zero-order valence-electron chi connectivity index (χ0n) is 6.06. The van der Waals surface area contributed by atoms with Crippen LogP contribution in [0.5, 0.6) is 0 Å². The second kappa shape index (κ2) is 3.36. The molecule has 0 saturated heterocycles. The standard InChI is InChI=1S/C6H2ClN2O4/c7-4-1-2-5(8(10)11)6(3-4)9(12)13/h2-3H. The maximum atomic E-state index is 10.3. The zero-order chi connectivity index (χ0) is 10.0. The van der Waals surface area contributed by atoms with Crippen molar-refractivity contribution in [3.05, 3.63) is 43.5 Å². The molecule has 0 aliphatic heterocycles. The lowest BCUT2D eigenvalue weighted by atomic mass is 10.3. The van der Waals surface area contributed by atoms with Crippen LogP contribution < -0.4 is 0 Å². The minimum absolute atomic E-state index is 0.0303. The Morgan fingerprint density at radius 2 is 1.77 bits per heavy atom. The number of nitrogens with zero attached hydrogens (tertiary/aromatic N) is 2. The number of hydrogen-bond acceptors (Lipinski definition) is 4. The highest BCUT2D eigenvalue weighted by Gasteiger charge is 2.23. The van der Waals surface area contributed by atoms with Crippen LogP contribution in [0.1, 0.15) is 0 Å². The van der Waals surface area contributed by atoms with E-state index in [0.29, 0.717) is 0 Å². The van der Waals surface area contributed by atoms with Crippen LogP contribution in [-0.2, 0) is 0 Å². The van der Waals surface area contributed by atoms with E-state index < -0.39 is 21.2 Å². The summed E-state index contributed by atoms with van der Waals surface area (Å²) in [6.45, 7) is 0. The predicted molar refractivity (Wildman–Crippen MR) is 43.6 cm³/mol. The van der Waals surface area contributed by atoms with E-state index >= 15 is 0 Å². The molecule has 0 spiro atoms. The molecular weight excluding hydrogens is 200 g/mol. The van der Waals surface area contributed by atoms with Crippen molar-refractivity contribution in [1.82, 2.24) is 0 Å².